The highest BCUT2D eigenvalue weighted by Gasteiger charge is 2.16. The SMILES string of the molecule is CCCCCCCN(C(=O)NCc1ccccc1)c1cccc(Sc2cccc(OC(C)=O)c2)c1. The predicted octanol–water partition coefficient (Wildman–Crippen LogP) is 7.45. The fourth-order valence-electron chi connectivity index (χ4n) is 3.71. The van der Waals surface area contributed by atoms with Gasteiger partial charge in [0.2, 0.25) is 0 Å². The quantitative estimate of drug-likeness (QED) is 0.163. The summed E-state index contributed by atoms with van der Waals surface area (Å²) in [6.45, 7) is 4.75. The second-order valence-corrected chi connectivity index (χ2v) is 9.53. The van der Waals surface area contributed by atoms with Crippen LogP contribution in [0.5, 0.6) is 5.75 Å². The maximum atomic E-state index is 13.2. The number of esters is 1. The van der Waals surface area contributed by atoms with Crippen LogP contribution >= 0.6 is 11.8 Å². The van der Waals surface area contributed by atoms with Gasteiger partial charge in [-0.15, -0.1) is 0 Å². The van der Waals surface area contributed by atoms with Crippen molar-refractivity contribution in [2.24, 2.45) is 0 Å². The minimum absolute atomic E-state index is 0.0941. The lowest BCUT2D eigenvalue weighted by atomic mass is 10.1. The number of nitrogens with one attached hydrogen (secondary N) is 1. The molecule has 0 aliphatic heterocycles. The van der Waals surface area contributed by atoms with Gasteiger partial charge in [-0.05, 0) is 48.4 Å². The van der Waals surface area contributed by atoms with Crippen LogP contribution in [0.4, 0.5) is 10.5 Å². The van der Waals surface area contributed by atoms with Crippen LogP contribution in [0.2, 0.25) is 0 Å². The molecule has 0 aliphatic carbocycles. The Morgan fingerprint density at radius 1 is 0.857 bits per heavy atom. The number of carbonyl (C=O) groups excluding carboxylic acids is 2. The lowest BCUT2D eigenvalue weighted by Crippen LogP contribution is -2.40. The summed E-state index contributed by atoms with van der Waals surface area (Å²) < 4.78 is 5.21. The molecule has 6 heteroatoms. The van der Waals surface area contributed by atoms with E-state index < -0.39 is 0 Å². The van der Waals surface area contributed by atoms with Crippen molar-refractivity contribution in [2.75, 3.05) is 11.4 Å². The van der Waals surface area contributed by atoms with Gasteiger partial charge in [-0.25, -0.2) is 4.79 Å². The van der Waals surface area contributed by atoms with E-state index in [1.165, 1.54) is 26.2 Å². The standard InChI is InChI=1S/C29H34N2O3S/c1-3-4-5-6-10-19-31(29(33)30-22-24-13-8-7-9-14-24)25-15-11-17-27(20-25)35-28-18-12-16-26(21-28)34-23(2)32/h7-9,11-18,20-21H,3-6,10,19,22H2,1-2H3,(H,30,33). The number of anilines is 1. The van der Waals surface area contributed by atoms with Gasteiger partial charge in [0.15, 0.2) is 0 Å². The molecule has 0 aliphatic rings. The lowest BCUT2D eigenvalue weighted by Gasteiger charge is -2.24. The summed E-state index contributed by atoms with van der Waals surface area (Å²) in [5, 5.41) is 3.08. The Hall–Kier alpha value is -3.25. The third kappa shape index (κ3) is 9.13. The summed E-state index contributed by atoms with van der Waals surface area (Å²) in [4.78, 5) is 28.3. The van der Waals surface area contributed by atoms with Crippen LogP contribution in [0.3, 0.4) is 0 Å². The molecule has 5 nitrogen and oxygen atoms in total. The van der Waals surface area contributed by atoms with Crippen molar-refractivity contribution in [3.63, 3.8) is 0 Å². The average molecular weight is 491 g/mol. The van der Waals surface area contributed by atoms with Gasteiger partial charge in [-0.3, -0.25) is 9.69 Å². The second-order valence-electron chi connectivity index (χ2n) is 8.38. The summed E-state index contributed by atoms with van der Waals surface area (Å²) in [5.74, 6) is 0.179. The van der Waals surface area contributed by atoms with Crippen LogP contribution in [-0.2, 0) is 11.3 Å². The van der Waals surface area contributed by atoms with Crippen LogP contribution in [0.25, 0.3) is 0 Å². The molecule has 3 aromatic carbocycles. The van der Waals surface area contributed by atoms with E-state index in [-0.39, 0.29) is 12.0 Å². The number of hydrogen-bond acceptors (Lipinski definition) is 4. The third-order valence-electron chi connectivity index (χ3n) is 5.45. The Kier molecular flexibility index (Phi) is 10.7. The van der Waals surface area contributed by atoms with Crippen LogP contribution in [-0.4, -0.2) is 18.5 Å². The van der Waals surface area contributed by atoms with Crippen molar-refractivity contribution in [2.45, 2.75) is 62.3 Å². The van der Waals surface area contributed by atoms with E-state index in [1.54, 1.807) is 17.8 Å². The normalized spacial score (nSPS) is 10.6. The van der Waals surface area contributed by atoms with Crippen molar-refractivity contribution < 1.29 is 14.3 Å². The van der Waals surface area contributed by atoms with E-state index in [0.29, 0.717) is 18.8 Å². The maximum Gasteiger partial charge on any atom is 0.322 e. The molecule has 0 atom stereocenters. The van der Waals surface area contributed by atoms with Gasteiger partial charge in [0.1, 0.15) is 5.75 Å². The van der Waals surface area contributed by atoms with Crippen LogP contribution in [0.1, 0.15) is 51.5 Å². The predicted molar refractivity (Wildman–Crippen MR) is 143 cm³/mol. The van der Waals surface area contributed by atoms with Crippen molar-refractivity contribution >= 4 is 29.4 Å². The van der Waals surface area contributed by atoms with Crippen LogP contribution in [0, 0.1) is 0 Å². The average Bonchev–Trinajstić information content (AvgIpc) is 2.85. The summed E-state index contributed by atoms with van der Waals surface area (Å²) >= 11 is 1.57. The van der Waals surface area contributed by atoms with Crippen LogP contribution in [0.15, 0.2) is 88.7 Å². The van der Waals surface area contributed by atoms with Gasteiger partial charge in [0, 0.05) is 35.5 Å². The van der Waals surface area contributed by atoms with E-state index in [0.717, 1.165) is 33.9 Å². The lowest BCUT2D eigenvalue weighted by molar-refractivity contribution is -0.131. The van der Waals surface area contributed by atoms with Gasteiger partial charge in [0.25, 0.3) is 0 Å². The molecular formula is C29H34N2O3S. The summed E-state index contributed by atoms with van der Waals surface area (Å²) in [7, 11) is 0. The fraction of sp³-hybridized carbons (Fsp3) is 0.310. The molecule has 3 aromatic rings. The summed E-state index contributed by atoms with van der Waals surface area (Å²) in [6, 6.07) is 25.3. The minimum Gasteiger partial charge on any atom is -0.427 e. The Bertz CT molecular complexity index is 1090. The topological polar surface area (TPSA) is 58.6 Å². The monoisotopic (exact) mass is 490 g/mol. The van der Waals surface area contributed by atoms with Crippen LogP contribution < -0.4 is 15.0 Å². The second kappa shape index (κ2) is 14.2. The number of carbonyl (C=O) groups is 2. The molecule has 0 radical (unpaired) electrons. The Labute approximate surface area is 212 Å². The fourth-order valence-corrected chi connectivity index (χ4v) is 4.63. The first-order valence-corrected chi connectivity index (χ1v) is 13.0. The summed E-state index contributed by atoms with van der Waals surface area (Å²) in [6.07, 6.45) is 5.66. The molecule has 0 spiro atoms. The Balaban J connectivity index is 1.72. The van der Waals surface area contributed by atoms with E-state index in [2.05, 4.69) is 12.2 Å². The first kappa shape index (κ1) is 26.4. The number of ether oxygens (including phenoxy) is 1. The highest BCUT2D eigenvalue weighted by Crippen LogP contribution is 2.32. The van der Waals surface area contributed by atoms with Gasteiger partial charge in [-0.2, -0.15) is 0 Å². The molecule has 0 bridgehead atoms. The third-order valence-corrected chi connectivity index (χ3v) is 6.43. The number of amides is 2. The molecule has 0 saturated carbocycles. The zero-order valence-corrected chi connectivity index (χ0v) is 21.4. The van der Waals surface area contributed by atoms with E-state index >= 15 is 0 Å². The molecule has 0 saturated heterocycles. The highest BCUT2D eigenvalue weighted by molar-refractivity contribution is 7.99. The number of rotatable bonds is 12. The zero-order valence-electron chi connectivity index (χ0n) is 20.5. The van der Waals surface area contributed by atoms with Crippen molar-refractivity contribution in [1.82, 2.24) is 5.32 Å². The Morgan fingerprint density at radius 3 is 2.31 bits per heavy atom. The molecule has 2 amide bonds. The molecule has 0 aromatic heterocycles. The smallest absolute Gasteiger partial charge is 0.322 e. The Morgan fingerprint density at radius 2 is 1.57 bits per heavy atom. The number of benzene rings is 3. The number of urea groups is 1. The largest absolute Gasteiger partial charge is 0.427 e. The van der Waals surface area contributed by atoms with Crippen molar-refractivity contribution in [3.05, 3.63) is 84.4 Å². The first-order chi connectivity index (χ1) is 17.0. The number of hydrogen-bond donors (Lipinski definition) is 1. The first-order valence-electron chi connectivity index (χ1n) is 12.2. The molecule has 0 unspecified atom stereocenters. The molecule has 0 heterocycles. The molecule has 1 N–H and O–H groups in total. The van der Waals surface area contributed by atoms with E-state index in [1.807, 2.05) is 77.7 Å². The minimum atomic E-state index is -0.342. The molecular weight excluding hydrogens is 456 g/mol. The zero-order chi connectivity index (χ0) is 24.9. The maximum absolute atomic E-state index is 13.2. The van der Waals surface area contributed by atoms with Gasteiger partial charge >= 0.3 is 12.0 Å². The number of nitrogens with zero attached hydrogens (tertiary/aromatic N) is 1. The molecule has 184 valence electrons. The van der Waals surface area contributed by atoms with Crippen molar-refractivity contribution in [3.8, 4) is 5.75 Å². The van der Waals surface area contributed by atoms with E-state index in [4.69, 9.17) is 4.74 Å². The molecule has 3 rings (SSSR count). The van der Waals surface area contributed by atoms with Crippen molar-refractivity contribution in [1.29, 1.82) is 0 Å². The number of unbranched alkanes of at least 4 members (excludes halogenated alkanes) is 4. The van der Waals surface area contributed by atoms with E-state index in [9.17, 15) is 9.59 Å². The molecule has 35 heavy (non-hydrogen) atoms. The van der Waals surface area contributed by atoms with Gasteiger partial charge < -0.3 is 10.1 Å². The molecule has 0 fully saturated rings. The van der Waals surface area contributed by atoms with Gasteiger partial charge in [0.05, 0.1) is 0 Å². The summed E-state index contributed by atoms with van der Waals surface area (Å²) in [5.41, 5.74) is 1.94. The highest BCUT2D eigenvalue weighted by atomic mass is 32.2. The van der Waals surface area contributed by atoms with Gasteiger partial charge in [-0.1, -0.05) is 86.8 Å².